The molecule has 2 atom stereocenters. The number of nitrogens with two attached hydrogens (primary N) is 1. The number of ether oxygens (including phenoxy) is 1. The highest BCUT2D eigenvalue weighted by Crippen LogP contribution is 2.32. The molecule has 2 aliphatic heterocycles. The van der Waals surface area contributed by atoms with Crippen molar-refractivity contribution < 1.29 is 9.53 Å². The number of nitrogen functional groups attached to an aromatic ring is 1. The first-order valence-corrected chi connectivity index (χ1v) is 9.08. The van der Waals surface area contributed by atoms with Crippen LogP contribution in [0.2, 0.25) is 0 Å². The van der Waals surface area contributed by atoms with Crippen molar-refractivity contribution in [3.05, 3.63) is 12.3 Å². The molecule has 1 aromatic rings. The minimum Gasteiger partial charge on any atom is -0.381 e. The number of rotatable bonds is 4. The number of nitrogens with one attached hydrogen (secondary N) is 1. The van der Waals surface area contributed by atoms with Crippen LogP contribution >= 0.6 is 12.4 Å². The molecule has 0 aliphatic carbocycles. The van der Waals surface area contributed by atoms with Crippen molar-refractivity contribution in [1.29, 1.82) is 5.26 Å². The quantitative estimate of drug-likeness (QED) is 0.791. The van der Waals surface area contributed by atoms with Crippen molar-refractivity contribution in [3.63, 3.8) is 0 Å². The van der Waals surface area contributed by atoms with E-state index in [-0.39, 0.29) is 36.2 Å². The fraction of sp³-hybridized carbons (Fsp3) is 0.667. The van der Waals surface area contributed by atoms with Gasteiger partial charge in [-0.3, -0.25) is 4.79 Å². The van der Waals surface area contributed by atoms with Gasteiger partial charge in [0.05, 0.1) is 12.1 Å². The molecule has 0 radical (unpaired) electrons. The van der Waals surface area contributed by atoms with Crippen molar-refractivity contribution in [2.24, 2.45) is 17.3 Å². The van der Waals surface area contributed by atoms with E-state index in [4.69, 9.17) is 10.5 Å². The predicted octanol–water partition coefficient (Wildman–Crippen LogP) is 1.38. The van der Waals surface area contributed by atoms with Crippen LogP contribution < -0.4 is 16.0 Å². The molecule has 3 N–H and O–H groups in total. The molecular formula is C18H27ClN6O2. The molecule has 0 unspecified atom stereocenters. The third-order valence-electron chi connectivity index (χ3n) is 5.52. The smallest absolute Gasteiger partial charge is 0.240 e. The van der Waals surface area contributed by atoms with Gasteiger partial charge in [-0.15, -0.1) is 12.4 Å². The summed E-state index contributed by atoms with van der Waals surface area (Å²) in [5.41, 5.74) is 4.72. The summed E-state index contributed by atoms with van der Waals surface area (Å²) in [4.78, 5) is 23.3. The second kappa shape index (κ2) is 8.72. The third-order valence-corrected chi connectivity index (χ3v) is 5.52. The van der Waals surface area contributed by atoms with E-state index in [2.05, 4.69) is 40.1 Å². The first kappa shape index (κ1) is 21.2. The van der Waals surface area contributed by atoms with Crippen molar-refractivity contribution in [1.82, 2.24) is 15.3 Å². The molecule has 2 aliphatic rings. The monoisotopic (exact) mass is 394 g/mol. The van der Waals surface area contributed by atoms with Gasteiger partial charge in [-0.05, 0) is 24.8 Å². The minimum atomic E-state index is -0.980. The van der Waals surface area contributed by atoms with Gasteiger partial charge in [-0.1, -0.05) is 13.8 Å². The average Bonchev–Trinajstić information content (AvgIpc) is 3.06. The molecule has 0 spiro atoms. The Morgan fingerprint density at radius 3 is 2.74 bits per heavy atom. The van der Waals surface area contributed by atoms with Crippen LogP contribution in [0.1, 0.15) is 26.7 Å². The Hall–Kier alpha value is -2.11. The van der Waals surface area contributed by atoms with E-state index in [0.29, 0.717) is 38.5 Å². The van der Waals surface area contributed by atoms with Crippen LogP contribution in [0, 0.1) is 28.6 Å². The average molecular weight is 395 g/mol. The summed E-state index contributed by atoms with van der Waals surface area (Å²) in [7, 11) is 0. The van der Waals surface area contributed by atoms with Crippen molar-refractivity contribution in [2.45, 2.75) is 32.7 Å². The Labute approximate surface area is 165 Å². The molecule has 27 heavy (non-hydrogen) atoms. The van der Waals surface area contributed by atoms with Gasteiger partial charge < -0.3 is 20.7 Å². The standard InChI is InChI=1S/C18H26N6O2.ClH/c1-12(2)13-9-24(15-3-6-21-17(20)23-15)10-14(13)22-16(25)18(11-19)4-7-26-8-5-18;/h3,6,12-14H,4-5,7-10H2,1-2H3,(H,22,25)(H2,20,21,23);1H/t13-,14+;/m1./s1. The molecule has 1 aromatic heterocycles. The second-order valence-corrected chi connectivity index (χ2v) is 7.47. The number of hydrogen-bond donors (Lipinski definition) is 2. The van der Waals surface area contributed by atoms with Gasteiger partial charge in [0.2, 0.25) is 11.9 Å². The van der Waals surface area contributed by atoms with E-state index in [1.807, 2.05) is 6.07 Å². The molecular weight excluding hydrogens is 368 g/mol. The minimum absolute atomic E-state index is 0. The van der Waals surface area contributed by atoms with E-state index in [1.165, 1.54) is 0 Å². The molecule has 0 saturated carbocycles. The number of amides is 1. The summed E-state index contributed by atoms with van der Waals surface area (Å²) in [6, 6.07) is 4.03. The summed E-state index contributed by atoms with van der Waals surface area (Å²) in [6.45, 7) is 6.62. The van der Waals surface area contributed by atoms with Crippen molar-refractivity contribution in [2.75, 3.05) is 36.9 Å². The molecule has 3 heterocycles. The van der Waals surface area contributed by atoms with Crippen LogP contribution in [0.25, 0.3) is 0 Å². The van der Waals surface area contributed by atoms with Gasteiger partial charge in [0, 0.05) is 38.4 Å². The van der Waals surface area contributed by atoms with Crippen LogP contribution in [0.4, 0.5) is 11.8 Å². The Kier molecular flexibility index (Phi) is 6.84. The Bertz CT molecular complexity index is 701. The fourth-order valence-electron chi connectivity index (χ4n) is 3.80. The number of halogens is 1. The predicted molar refractivity (Wildman–Crippen MR) is 104 cm³/mol. The molecule has 0 aromatic carbocycles. The SMILES string of the molecule is CC(C)[C@H]1CN(c2ccnc(N)n2)C[C@@H]1NC(=O)C1(C#N)CCOCC1.Cl. The zero-order valence-corrected chi connectivity index (χ0v) is 16.5. The van der Waals surface area contributed by atoms with E-state index >= 15 is 0 Å². The van der Waals surface area contributed by atoms with Crippen LogP contribution in [0.5, 0.6) is 0 Å². The van der Waals surface area contributed by atoms with Gasteiger partial charge in [0.25, 0.3) is 0 Å². The maximum absolute atomic E-state index is 12.9. The number of hydrogen-bond acceptors (Lipinski definition) is 7. The second-order valence-electron chi connectivity index (χ2n) is 7.47. The van der Waals surface area contributed by atoms with E-state index in [1.54, 1.807) is 6.20 Å². The summed E-state index contributed by atoms with van der Waals surface area (Å²) < 4.78 is 5.33. The Morgan fingerprint density at radius 1 is 1.44 bits per heavy atom. The zero-order valence-electron chi connectivity index (χ0n) is 15.7. The molecule has 2 saturated heterocycles. The van der Waals surface area contributed by atoms with E-state index in [0.717, 1.165) is 12.4 Å². The molecule has 1 amide bonds. The van der Waals surface area contributed by atoms with E-state index < -0.39 is 5.41 Å². The highest BCUT2D eigenvalue weighted by Gasteiger charge is 2.44. The zero-order chi connectivity index (χ0) is 18.7. The van der Waals surface area contributed by atoms with Crippen LogP contribution in [-0.4, -0.2) is 48.2 Å². The molecule has 3 rings (SSSR count). The summed E-state index contributed by atoms with van der Waals surface area (Å²) in [6.07, 6.45) is 2.53. The van der Waals surface area contributed by atoms with Crippen molar-refractivity contribution in [3.8, 4) is 6.07 Å². The van der Waals surface area contributed by atoms with Gasteiger partial charge in [0.15, 0.2) is 0 Å². The number of carbonyl (C=O) groups excluding carboxylic acids is 1. The van der Waals surface area contributed by atoms with E-state index in [9.17, 15) is 10.1 Å². The Morgan fingerprint density at radius 2 is 2.15 bits per heavy atom. The highest BCUT2D eigenvalue weighted by molar-refractivity contribution is 5.86. The molecule has 8 nitrogen and oxygen atoms in total. The van der Waals surface area contributed by atoms with Crippen molar-refractivity contribution >= 4 is 30.1 Å². The van der Waals surface area contributed by atoms with Crippen LogP contribution in [0.15, 0.2) is 12.3 Å². The lowest BCUT2D eigenvalue weighted by Gasteiger charge is -2.32. The lowest BCUT2D eigenvalue weighted by molar-refractivity contribution is -0.133. The lowest BCUT2D eigenvalue weighted by Crippen LogP contribution is -2.50. The fourth-order valence-corrected chi connectivity index (χ4v) is 3.80. The molecule has 9 heteroatoms. The van der Waals surface area contributed by atoms with Crippen LogP contribution in [-0.2, 0) is 9.53 Å². The number of nitriles is 1. The lowest BCUT2D eigenvalue weighted by atomic mass is 9.80. The maximum atomic E-state index is 12.9. The first-order valence-electron chi connectivity index (χ1n) is 9.08. The maximum Gasteiger partial charge on any atom is 0.240 e. The summed E-state index contributed by atoms with van der Waals surface area (Å²) in [5.74, 6) is 1.48. The third kappa shape index (κ3) is 4.42. The normalized spacial score (nSPS) is 24.1. The Balaban J connectivity index is 0.00000261. The van der Waals surface area contributed by atoms with Gasteiger partial charge in [-0.25, -0.2) is 4.98 Å². The van der Waals surface area contributed by atoms with Gasteiger partial charge in [-0.2, -0.15) is 10.2 Å². The topological polar surface area (TPSA) is 117 Å². The number of carbonyl (C=O) groups is 1. The molecule has 2 fully saturated rings. The largest absolute Gasteiger partial charge is 0.381 e. The highest BCUT2D eigenvalue weighted by atomic mass is 35.5. The number of aromatic nitrogens is 2. The molecule has 148 valence electrons. The van der Waals surface area contributed by atoms with Crippen LogP contribution in [0.3, 0.4) is 0 Å². The van der Waals surface area contributed by atoms with Gasteiger partial charge in [0.1, 0.15) is 11.2 Å². The number of anilines is 2. The number of nitrogens with zero attached hydrogens (tertiary/aromatic N) is 4. The molecule has 0 bridgehead atoms. The first-order chi connectivity index (χ1) is 12.4. The van der Waals surface area contributed by atoms with Gasteiger partial charge >= 0.3 is 0 Å². The summed E-state index contributed by atoms with van der Waals surface area (Å²) >= 11 is 0. The summed E-state index contributed by atoms with van der Waals surface area (Å²) in [5, 5.41) is 12.8.